The van der Waals surface area contributed by atoms with Crippen LogP contribution in [-0.2, 0) is 13.0 Å². The first-order valence-corrected chi connectivity index (χ1v) is 7.22. The molecule has 4 heteroatoms. The molecule has 2 rings (SSSR count). The van der Waals surface area contributed by atoms with Crippen molar-refractivity contribution in [3.63, 3.8) is 0 Å². The van der Waals surface area contributed by atoms with Crippen molar-refractivity contribution in [1.82, 2.24) is 5.32 Å². The van der Waals surface area contributed by atoms with Crippen LogP contribution in [0.2, 0.25) is 0 Å². The maximum absolute atomic E-state index is 10.7. The van der Waals surface area contributed by atoms with Crippen LogP contribution in [0.4, 0.5) is 0 Å². The van der Waals surface area contributed by atoms with E-state index in [-0.39, 0.29) is 0 Å². The molecule has 0 aliphatic rings. The van der Waals surface area contributed by atoms with Crippen LogP contribution >= 0.6 is 15.9 Å². The van der Waals surface area contributed by atoms with E-state index in [4.69, 9.17) is 5.11 Å². The van der Waals surface area contributed by atoms with Gasteiger partial charge in [0.15, 0.2) is 0 Å². The predicted octanol–water partition coefficient (Wildman–Crippen LogP) is 3.48. The summed E-state index contributed by atoms with van der Waals surface area (Å²) >= 11 is 3.46. The topological polar surface area (TPSA) is 49.3 Å². The first kappa shape index (κ1) is 14.8. The maximum atomic E-state index is 10.7. The second-order valence-corrected chi connectivity index (χ2v) is 5.47. The van der Waals surface area contributed by atoms with Crippen molar-refractivity contribution in [2.75, 3.05) is 6.54 Å². The molecule has 0 saturated heterocycles. The standard InChI is InChI=1S/C16H16BrNO2/c17-15-3-1-2-12(10-15)8-9-18-11-13-4-6-14(7-5-13)16(19)20/h1-7,10,18H,8-9,11H2,(H,19,20). The zero-order valence-electron chi connectivity index (χ0n) is 11.0. The minimum atomic E-state index is -0.890. The van der Waals surface area contributed by atoms with E-state index in [1.807, 2.05) is 24.3 Å². The number of nitrogens with one attached hydrogen (secondary N) is 1. The lowest BCUT2D eigenvalue weighted by molar-refractivity contribution is 0.0697. The van der Waals surface area contributed by atoms with Crippen LogP contribution in [0.25, 0.3) is 0 Å². The third kappa shape index (κ3) is 4.47. The third-order valence-electron chi connectivity index (χ3n) is 3.01. The van der Waals surface area contributed by atoms with Gasteiger partial charge in [-0.2, -0.15) is 0 Å². The third-order valence-corrected chi connectivity index (χ3v) is 3.50. The van der Waals surface area contributed by atoms with E-state index < -0.39 is 5.97 Å². The zero-order valence-corrected chi connectivity index (χ0v) is 12.6. The Morgan fingerprint density at radius 1 is 1.10 bits per heavy atom. The Morgan fingerprint density at radius 3 is 2.50 bits per heavy atom. The smallest absolute Gasteiger partial charge is 0.335 e. The molecule has 0 aliphatic heterocycles. The second-order valence-electron chi connectivity index (χ2n) is 4.56. The Hall–Kier alpha value is -1.65. The zero-order chi connectivity index (χ0) is 14.4. The van der Waals surface area contributed by atoms with Gasteiger partial charge < -0.3 is 10.4 Å². The summed E-state index contributed by atoms with van der Waals surface area (Å²) in [6.45, 7) is 1.63. The lowest BCUT2D eigenvalue weighted by atomic mass is 10.1. The van der Waals surface area contributed by atoms with Crippen LogP contribution in [0.15, 0.2) is 53.0 Å². The van der Waals surface area contributed by atoms with E-state index in [1.165, 1.54) is 5.56 Å². The van der Waals surface area contributed by atoms with Gasteiger partial charge in [0, 0.05) is 11.0 Å². The molecule has 0 amide bonds. The minimum absolute atomic E-state index is 0.322. The molecule has 0 atom stereocenters. The Kier molecular flexibility index (Phi) is 5.32. The van der Waals surface area contributed by atoms with Crippen LogP contribution in [-0.4, -0.2) is 17.6 Å². The van der Waals surface area contributed by atoms with Gasteiger partial charge in [-0.1, -0.05) is 40.2 Å². The molecule has 0 bridgehead atoms. The summed E-state index contributed by atoms with van der Waals surface area (Å²) in [5, 5.41) is 12.2. The summed E-state index contributed by atoms with van der Waals surface area (Å²) in [7, 11) is 0. The van der Waals surface area contributed by atoms with E-state index in [9.17, 15) is 4.79 Å². The van der Waals surface area contributed by atoms with Crippen molar-refractivity contribution in [2.45, 2.75) is 13.0 Å². The normalized spacial score (nSPS) is 10.4. The lowest BCUT2D eigenvalue weighted by Crippen LogP contribution is -2.16. The maximum Gasteiger partial charge on any atom is 0.335 e. The van der Waals surface area contributed by atoms with Gasteiger partial charge in [-0.15, -0.1) is 0 Å². The van der Waals surface area contributed by atoms with Crippen molar-refractivity contribution < 1.29 is 9.90 Å². The highest BCUT2D eigenvalue weighted by Crippen LogP contribution is 2.11. The molecule has 104 valence electrons. The minimum Gasteiger partial charge on any atom is -0.478 e. The quantitative estimate of drug-likeness (QED) is 0.795. The van der Waals surface area contributed by atoms with Crippen LogP contribution < -0.4 is 5.32 Å². The molecule has 0 fully saturated rings. The van der Waals surface area contributed by atoms with Gasteiger partial charge >= 0.3 is 5.97 Å². The van der Waals surface area contributed by atoms with Crippen molar-refractivity contribution in [3.05, 3.63) is 69.7 Å². The number of benzene rings is 2. The Morgan fingerprint density at radius 2 is 1.85 bits per heavy atom. The Labute approximate surface area is 126 Å². The number of hydrogen-bond donors (Lipinski definition) is 2. The Bertz CT molecular complexity index is 581. The average molecular weight is 334 g/mol. The van der Waals surface area contributed by atoms with Crippen LogP contribution in [0.3, 0.4) is 0 Å². The van der Waals surface area contributed by atoms with Crippen LogP contribution in [0.1, 0.15) is 21.5 Å². The first-order chi connectivity index (χ1) is 9.65. The fraction of sp³-hybridized carbons (Fsp3) is 0.188. The summed E-state index contributed by atoms with van der Waals surface area (Å²) in [4.78, 5) is 10.7. The molecule has 0 heterocycles. The van der Waals surface area contributed by atoms with Crippen molar-refractivity contribution in [1.29, 1.82) is 0 Å². The number of aromatic carboxylic acids is 1. The molecule has 0 saturated carbocycles. The molecule has 2 aromatic rings. The molecule has 0 spiro atoms. The van der Waals surface area contributed by atoms with Gasteiger partial charge in [0.05, 0.1) is 5.56 Å². The average Bonchev–Trinajstić information content (AvgIpc) is 2.44. The van der Waals surface area contributed by atoms with Gasteiger partial charge in [-0.25, -0.2) is 4.79 Å². The SMILES string of the molecule is O=C(O)c1ccc(CNCCc2cccc(Br)c2)cc1. The number of halogens is 1. The van der Waals surface area contributed by atoms with Gasteiger partial charge in [-0.3, -0.25) is 0 Å². The molecule has 0 radical (unpaired) electrons. The molecular formula is C16H16BrNO2. The second kappa shape index (κ2) is 7.22. The molecule has 20 heavy (non-hydrogen) atoms. The van der Waals surface area contributed by atoms with Gasteiger partial charge in [0.2, 0.25) is 0 Å². The molecule has 0 aromatic heterocycles. The van der Waals surface area contributed by atoms with Crippen molar-refractivity contribution in [2.24, 2.45) is 0 Å². The number of carbonyl (C=O) groups is 1. The molecule has 3 nitrogen and oxygen atoms in total. The van der Waals surface area contributed by atoms with E-state index in [2.05, 4.69) is 33.4 Å². The van der Waals surface area contributed by atoms with Crippen LogP contribution in [0, 0.1) is 0 Å². The fourth-order valence-electron chi connectivity index (χ4n) is 1.92. The summed E-state index contributed by atoms with van der Waals surface area (Å²) in [6.07, 6.45) is 0.965. The van der Waals surface area contributed by atoms with Gasteiger partial charge in [0.25, 0.3) is 0 Å². The van der Waals surface area contributed by atoms with Crippen LogP contribution in [0.5, 0.6) is 0 Å². The van der Waals surface area contributed by atoms with Gasteiger partial charge in [-0.05, 0) is 48.4 Å². The number of carboxylic acids is 1. The molecule has 0 aliphatic carbocycles. The summed E-state index contributed by atoms with van der Waals surface area (Å²) in [5.74, 6) is -0.890. The summed E-state index contributed by atoms with van der Waals surface area (Å²) in [6, 6.07) is 15.2. The van der Waals surface area contributed by atoms with E-state index in [1.54, 1.807) is 12.1 Å². The van der Waals surface area contributed by atoms with Crippen molar-refractivity contribution in [3.8, 4) is 0 Å². The first-order valence-electron chi connectivity index (χ1n) is 6.42. The largest absolute Gasteiger partial charge is 0.478 e. The highest BCUT2D eigenvalue weighted by molar-refractivity contribution is 9.10. The van der Waals surface area contributed by atoms with E-state index in [0.29, 0.717) is 5.56 Å². The van der Waals surface area contributed by atoms with Crippen molar-refractivity contribution >= 4 is 21.9 Å². The molecule has 2 N–H and O–H groups in total. The van der Waals surface area contributed by atoms with E-state index >= 15 is 0 Å². The summed E-state index contributed by atoms with van der Waals surface area (Å²) in [5.41, 5.74) is 2.69. The Balaban J connectivity index is 1.77. The highest BCUT2D eigenvalue weighted by atomic mass is 79.9. The molecule has 2 aromatic carbocycles. The fourth-order valence-corrected chi connectivity index (χ4v) is 2.37. The lowest BCUT2D eigenvalue weighted by Gasteiger charge is -2.06. The summed E-state index contributed by atoms with van der Waals surface area (Å²) < 4.78 is 1.10. The van der Waals surface area contributed by atoms with E-state index in [0.717, 1.165) is 29.5 Å². The number of hydrogen-bond acceptors (Lipinski definition) is 2. The number of rotatable bonds is 6. The molecule has 0 unspecified atom stereocenters. The predicted molar refractivity (Wildman–Crippen MR) is 83.0 cm³/mol. The highest BCUT2D eigenvalue weighted by Gasteiger charge is 2.01. The monoisotopic (exact) mass is 333 g/mol. The molecular weight excluding hydrogens is 318 g/mol. The van der Waals surface area contributed by atoms with Gasteiger partial charge in [0.1, 0.15) is 0 Å². The number of carboxylic acid groups (broad SMARTS) is 1.